The Hall–Kier alpha value is -1.65. The molecule has 4 heteroatoms. The number of amides is 1. The molecular formula is C19H27N3O. The molecule has 0 spiro atoms. The van der Waals surface area contributed by atoms with Crippen LogP contribution in [-0.2, 0) is 4.79 Å². The summed E-state index contributed by atoms with van der Waals surface area (Å²) in [7, 11) is 0. The van der Waals surface area contributed by atoms with E-state index in [4.69, 9.17) is 11.5 Å². The van der Waals surface area contributed by atoms with Gasteiger partial charge in [0.15, 0.2) is 0 Å². The van der Waals surface area contributed by atoms with E-state index >= 15 is 0 Å². The summed E-state index contributed by atoms with van der Waals surface area (Å²) < 4.78 is 0. The largest absolute Gasteiger partial charge is 0.330 e. The van der Waals surface area contributed by atoms with Gasteiger partial charge in [-0.1, -0.05) is 36.8 Å². The highest BCUT2D eigenvalue weighted by atomic mass is 16.2. The monoisotopic (exact) mass is 313 g/mol. The maximum atomic E-state index is 12.8. The van der Waals surface area contributed by atoms with Gasteiger partial charge >= 0.3 is 0 Å². The highest BCUT2D eigenvalue weighted by Gasteiger charge is 2.44. The van der Waals surface area contributed by atoms with Gasteiger partial charge in [0.05, 0.1) is 6.17 Å². The number of nitrogens with zero attached hydrogens (tertiary/aromatic N) is 1. The summed E-state index contributed by atoms with van der Waals surface area (Å²) in [4.78, 5) is 14.7. The molecule has 3 rings (SSSR count). The predicted octanol–water partition coefficient (Wildman–Crippen LogP) is 2.35. The fourth-order valence-electron chi connectivity index (χ4n) is 4.25. The average Bonchev–Trinajstić information content (AvgIpc) is 3.17. The van der Waals surface area contributed by atoms with Crippen LogP contribution in [0.1, 0.15) is 37.7 Å². The Morgan fingerprint density at radius 2 is 2.04 bits per heavy atom. The lowest BCUT2D eigenvalue weighted by Crippen LogP contribution is -2.53. The number of nitrogens with two attached hydrogens (primary N) is 2. The van der Waals surface area contributed by atoms with Gasteiger partial charge in [0.2, 0.25) is 5.91 Å². The average molecular weight is 313 g/mol. The van der Waals surface area contributed by atoms with Crippen LogP contribution in [0.5, 0.6) is 0 Å². The highest BCUT2D eigenvalue weighted by molar-refractivity contribution is 5.92. The Labute approximate surface area is 138 Å². The van der Waals surface area contributed by atoms with Crippen molar-refractivity contribution in [3.05, 3.63) is 42.0 Å². The summed E-state index contributed by atoms with van der Waals surface area (Å²) in [6.45, 7) is 0.508. The standard InChI is InChI=1S/C19H27N3O/c20-11-10-18(21)22(17-13-15-6-8-16(17)12-15)19(23)9-7-14-4-2-1-3-5-14/h1-5,7,9,15-18H,6,8,10-13,20-21H2/b9-7+. The smallest absolute Gasteiger partial charge is 0.248 e. The zero-order chi connectivity index (χ0) is 16.2. The van der Waals surface area contributed by atoms with Crippen molar-refractivity contribution in [2.75, 3.05) is 6.54 Å². The second kappa shape index (κ2) is 7.28. The first-order valence-corrected chi connectivity index (χ1v) is 8.70. The van der Waals surface area contributed by atoms with Crippen LogP contribution in [0.3, 0.4) is 0 Å². The minimum absolute atomic E-state index is 0.0207. The first kappa shape index (κ1) is 16.2. The van der Waals surface area contributed by atoms with Crippen LogP contribution in [0.2, 0.25) is 0 Å². The Bertz CT molecular complexity index is 557. The van der Waals surface area contributed by atoms with Crippen LogP contribution >= 0.6 is 0 Å². The van der Waals surface area contributed by atoms with Gasteiger partial charge in [0.25, 0.3) is 0 Å². The molecule has 1 aromatic carbocycles. The van der Waals surface area contributed by atoms with Crippen molar-refractivity contribution in [2.45, 2.75) is 44.3 Å². The molecule has 4 N–H and O–H groups in total. The molecule has 0 aliphatic heterocycles. The van der Waals surface area contributed by atoms with Crippen molar-refractivity contribution in [3.63, 3.8) is 0 Å². The van der Waals surface area contributed by atoms with Gasteiger partial charge < -0.3 is 16.4 Å². The van der Waals surface area contributed by atoms with Gasteiger partial charge in [0, 0.05) is 12.1 Å². The molecule has 0 radical (unpaired) electrons. The van der Waals surface area contributed by atoms with Crippen molar-refractivity contribution < 1.29 is 4.79 Å². The lowest BCUT2D eigenvalue weighted by molar-refractivity contribution is -0.132. The zero-order valence-corrected chi connectivity index (χ0v) is 13.6. The van der Waals surface area contributed by atoms with E-state index in [9.17, 15) is 4.79 Å². The van der Waals surface area contributed by atoms with Crippen LogP contribution in [0.25, 0.3) is 6.08 Å². The van der Waals surface area contributed by atoms with Gasteiger partial charge in [-0.3, -0.25) is 4.79 Å². The van der Waals surface area contributed by atoms with E-state index < -0.39 is 0 Å². The first-order chi connectivity index (χ1) is 11.2. The maximum Gasteiger partial charge on any atom is 0.248 e. The lowest BCUT2D eigenvalue weighted by Gasteiger charge is -2.38. The first-order valence-electron chi connectivity index (χ1n) is 8.70. The summed E-state index contributed by atoms with van der Waals surface area (Å²) in [6, 6.07) is 10.2. The van der Waals surface area contributed by atoms with E-state index in [0.29, 0.717) is 24.9 Å². The summed E-state index contributed by atoms with van der Waals surface area (Å²) in [5, 5.41) is 0. The molecule has 124 valence electrons. The van der Waals surface area contributed by atoms with Gasteiger partial charge in [-0.15, -0.1) is 0 Å². The number of rotatable bonds is 6. The maximum absolute atomic E-state index is 12.8. The molecule has 4 atom stereocenters. The molecule has 1 amide bonds. The topological polar surface area (TPSA) is 72.3 Å². The zero-order valence-electron chi connectivity index (χ0n) is 13.6. The van der Waals surface area contributed by atoms with Crippen molar-refractivity contribution >= 4 is 12.0 Å². The van der Waals surface area contributed by atoms with E-state index in [2.05, 4.69) is 0 Å². The van der Waals surface area contributed by atoms with E-state index in [1.807, 2.05) is 41.3 Å². The molecule has 0 heterocycles. The minimum Gasteiger partial charge on any atom is -0.330 e. The number of carbonyl (C=O) groups excluding carboxylic acids is 1. The Morgan fingerprint density at radius 3 is 2.65 bits per heavy atom. The van der Waals surface area contributed by atoms with Crippen molar-refractivity contribution in [1.29, 1.82) is 0 Å². The van der Waals surface area contributed by atoms with Crippen molar-refractivity contribution in [1.82, 2.24) is 4.90 Å². The van der Waals surface area contributed by atoms with Gasteiger partial charge in [-0.05, 0) is 55.7 Å². The molecule has 23 heavy (non-hydrogen) atoms. The van der Waals surface area contributed by atoms with E-state index in [-0.39, 0.29) is 12.1 Å². The molecule has 1 aromatic rings. The molecule has 4 unspecified atom stereocenters. The summed E-state index contributed by atoms with van der Waals surface area (Å²) >= 11 is 0. The Balaban J connectivity index is 1.74. The van der Waals surface area contributed by atoms with Crippen molar-refractivity contribution in [2.24, 2.45) is 23.3 Å². The molecule has 0 saturated heterocycles. The minimum atomic E-state index is -0.280. The molecular weight excluding hydrogens is 286 g/mol. The molecule has 2 fully saturated rings. The third-order valence-electron chi connectivity index (χ3n) is 5.35. The SMILES string of the molecule is NCCC(N)N(C(=O)/C=C/c1ccccc1)C1CC2CCC1C2. The van der Waals surface area contributed by atoms with Gasteiger partial charge in [-0.2, -0.15) is 0 Å². The fourth-order valence-corrected chi connectivity index (χ4v) is 4.25. The number of fused-ring (bicyclic) bond motifs is 2. The second-order valence-electron chi connectivity index (χ2n) is 6.88. The van der Waals surface area contributed by atoms with Crippen LogP contribution in [0, 0.1) is 11.8 Å². The van der Waals surface area contributed by atoms with Crippen LogP contribution in [-0.4, -0.2) is 29.6 Å². The van der Waals surface area contributed by atoms with Crippen LogP contribution in [0.15, 0.2) is 36.4 Å². The molecule has 0 aromatic heterocycles. The number of hydrogen-bond acceptors (Lipinski definition) is 3. The molecule has 2 bridgehead atoms. The van der Waals surface area contributed by atoms with Gasteiger partial charge in [0.1, 0.15) is 0 Å². The molecule has 4 nitrogen and oxygen atoms in total. The molecule has 2 saturated carbocycles. The third-order valence-corrected chi connectivity index (χ3v) is 5.35. The van der Waals surface area contributed by atoms with E-state index in [1.165, 1.54) is 19.3 Å². The normalized spacial score (nSPS) is 27.5. The highest BCUT2D eigenvalue weighted by Crippen LogP contribution is 2.47. The summed E-state index contributed by atoms with van der Waals surface area (Å²) in [6.07, 6.45) is 8.82. The Kier molecular flexibility index (Phi) is 5.13. The fraction of sp³-hybridized carbons (Fsp3) is 0.526. The number of hydrogen-bond donors (Lipinski definition) is 2. The quantitative estimate of drug-likeness (QED) is 0.625. The second-order valence-corrected chi connectivity index (χ2v) is 6.88. The summed E-state index contributed by atoms with van der Waals surface area (Å²) in [5.74, 6) is 1.42. The van der Waals surface area contributed by atoms with E-state index in [0.717, 1.165) is 17.9 Å². The van der Waals surface area contributed by atoms with E-state index in [1.54, 1.807) is 6.08 Å². The molecule has 2 aliphatic rings. The van der Waals surface area contributed by atoms with Crippen LogP contribution in [0.4, 0.5) is 0 Å². The van der Waals surface area contributed by atoms with Crippen LogP contribution < -0.4 is 11.5 Å². The third kappa shape index (κ3) is 3.65. The van der Waals surface area contributed by atoms with Crippen molar-refractivity contribution in [3.8, 4) is 0 Å². The lowest BCUT2D eigenvalue weighted by atomic mass is 9.93. The number of benzene rings is 1. The van der Waals surface area contributed by atoms with Gasteiger partial charge in [-0.25, -0.2) is 0 Å². The summed E-state index contributed by atoms with van der Waals surface area (Å²) in [5.41, 5.74) is 13.0. The Morgan fingerprint density at radius 1 is 1.26 bits per heavy atom. The molecule has 2 aliphatic carbocycles. The number of carbonyl (C=O) groups is 1. The predicted molar refractivity (Wildman–Crippen MR) is 93.2 cm³/mol.